The predicted octanol–water partition coefficient (Wildman–Crippen LogP) is 6.32. The Morgan fingerprint density at radius 1 is 0.960 bits per heavy atom. The Balaban J connectivity index is 1.96. The van der Waals surface area contributed by atoms with E-state index >= 15 is 0 Å². The molecule has 1 saturated carbocycles. The maximum absolute atomic E-state index is 10.8. The Hall–Kier alpha value is -1.57. The van der Waals surface area contributed by atoms with E-state index in [1.807, 2.05) is 26.0 Å². The Kier molecular flexibility index (Phi) is 4.05. The molecule has 2 aliphatic rings. The minimum Gasteiger partial charge on any atom is -0.386 e. The van der Waals surface area contributed by atoms with Gasteiger partial charge >= 0.3 is 0 Å². The normalized spacial score (nSPS) is 19.0. The fourth-order valence-electron chi connectivity index (χ4n) is 4.90. The molecule has 0 aliphatic heterocycles. The summed E-state index contributed by atoms with van der Waals surface area (Å²) in [4.78, 5) is 0. The molecule has 0 heterocycles. The Bertz CT molecular complexity index is 835. The Morgan fingerprint density at radius 3 is 2.40 bits per heavy atom. The average Bonchev–Trinajstić information content (AvgIpc) is 2.88. The zero-order valence-corrected chi connectivity index (χ0v) is 15.7. The average molecular weight is 353 g/mol. The van der Waals surface area contributed by atoms with Crippen LogP contribution in [-0.2, 0) is 11.0 Å². The zero-order valence-electron chi connectivity index (χ0n) is 15.0. The standard InChI is InChI=1S/C23H25ClO/c1-22(2,25)21-17(10-8-12-20(21)24)19-15-16-9-4-5-11-18(16)23(19)13-6-3-7-14-23/h4-5,8-12,15,25H,3,6-7,13-14H2,1-2H3. The summed E-state index contributed by atoms with van der Waals surface area (Å²) < 4.78 is 0. The maximum Gasteiger partial charge on any atom is 0.0860 e. The van der Waals surface area contributed by atoms with Crippen molar-refractivity contribution in [3.8, 4) is 0 Å². The minimum atomic E-state index is -0.973. The first-order valence-corrected chi connectivity index (χ1v) is 9.65. The van der Waals surface area contributed by atoms with Crippen molar-refractivity contribution in [3.63, 3.8) is 0 Å². The van der Waals surface area contributed by atoms with Crippen LogP contribution in [0.1, 0.15) is 68.2 Å². The molecule has 2 aromatic rings. The van der Waals surface area contributed by atoms with Crippen LogP contribution in [0.15, 0.2) is 42.5 Å². The maximum atomic E-state index is 10.8. The molecule has 4 rings (SSSR count). The number of hydrogen-bond donors (Lipinski definition) is 1. The van der Waals surface area contributed by atoms with E-state index in [0.717, 1.165) is 11.1 Å². The lowest BCUT2D eigenvalue weighted by atomic mass is 9.65. The molecule has 0 unspecified atom stereocenters. The molecule has 1 fully saturated rings. The number of halogens is 1. The molecule has 0 atom stereocenters. The van der Waals surface area contributed by atoms with Gasteiger partial charge in [-0.1, -0.05) is 67.3 Å². The highest BCUT2D eigenvalue weighted by Crippen LogP contribution is 2.56. The minimum absolute atomic E-state index is 0.0690. The van der Waals surface area contributed by atoms with E-state index in [1.54, 1.807) is 0 Å². The van der Waals surface area contributed by atoms with Crippen molar-refractivity contribution in [2.24, 2.45) is 0 Å². The highest BCUT2D eigenvalue weighted by atomic mass is 35.5. The van der Waals surface area contributed by atoms with E-state index in [9.17, 15) is 5.11 Å². The Morgan fingerprint density at radius 2 is 1.68 bits per heavy atom. The van der Waals surface area contributed by atoms with Crippen LogP contribution in [-0.4, -0.2) is 5.11 Å². The van der Waals surface area contributed by atoms with Crippen molar-refractivity contribution in [3.05, 3.63) is 69.7 Å². The number of fused-ring (bicyclic) bond motifs is 2. The molecular formula is C23H25ClO. The highest BCUT2D eigenvalue weighted by Gasteiger charge is 2.44. The second kappa shape index (κ2) is 6.00. The van der Waals surface area contributed by atoms with Gasteiger partial charge in [-0.25, -0.2) is 0 Å². The molecule has 1 nitrogen and oxygen atoms in total. The van der Waals surface area contributed by atoms with E-state index in [0.29, 0.717) is 5.02 Å². The van der Waals surface area contributed by atoms with Gasteiger partial charge in [0.2, 0.25) is 0 Å². The number of rotatable bonds is 2. The van der Waals surface area contributed by atoms with E-state index < -0.39 is 5.60 Å². The van der Waals surface area contributed by atoms with Crippen LogP contribution >= 0.6 is 11.6 Å². The van der Waals surface area contributed by atoms with Gasteiger partial charge in [-0.2, -0.15) is 0 Å². The fraction of sp³-hybridized carbons (Fsp3) is 0.391. The molecule has 0 bridgehead atoms. The van der Waals surface area contributed by atoms with Crippen LogP contribution < -0.4 is 0 Å². The van der Waals surface area contributed by atoms with Crippen LogP contribution in [0.3, 0.4) is 0 Å². The second-order valence-corrected chi connectivity index (χ2v) is 8.42. The first-order valence-electron chi connectivity index (χ1n) is 9.27. The van der Waals surface area contributed by atoms with E-state index in [4.69, 9.17) is 11.6 Å². The second-order valence-electron chi connectivity index (χ2n) is 8.01. The van der Waals surface area contributed by atoms with Crippen molar-refractivity contribution in [2.75, 3.05) is 0 Å². The fourth-order valence-corrected chi connectivity index (χ4v) is 5.30. The van der Waals surface area contributed by atoms with Crippen LogP contribution in [0.5, 0.6) is 0 Å². The summed E-state index contributed by atoms with van der Waals surface area (Å²) in [6.45, 7) is 3.65. The van der Waals surface area contributed by atoms with Gasteiger partial charge in [-0.3, -0.25) is 0 Å². The van der Waals surface area contributed by atoms with Crippen LogP contribution in [0.25, 0.3) is 11.6 Å². The highest BCUT2D eigenvalue weighted by molar-refractivity contribution is 6.31. The van der Waals surface area contributed by atoms with Crippen LogP contribution in [0, 0.1) is 0 Å². The van der Waals surface area contributed by atoms with Crippen LogP contribution in [0.2, 0.25) is 5.02 Å². The van der Waals surface area contributed by atoms with Crippen molar-refractivity contribution < 1.29 is 5.11 Å². The predicted molar refractivity (Wildman–Crippen MR) is 106 cm³/mol. The lowest BCUT2D eigenvalue weighted by Crippen LogP contribution is -2.30. The number of benzene rings is 2. The summed E-state index contributed by atoms with van der Waals surface area (Å²) in [6, 6.07) is 14.8. The summed E-state index contributed by atoms with van der Waals surface area (Å²) in [7, 11) is 0. The van der Waals surface area contributed by atoms with Crippen molar-refractivity contribution in [1.82, 2.24) is 0 Å². The van der Waals surface area contributed by atoms with Gasteiger partial charge in [-0.15, -0.1) is 0 Å². The zero-order chi connectivity index (χ0) is 17.7. The molecule has 130 valence electrons. The number of allylic oxidation sites excluding steroid dienone is 1. The largest absolute Gasteiger partial charge is 0.386 e. The summed E-state index contributed by atoms with van der Waals surface area (Å²) in [5.41, 5.74) is 5.16. The molecule has 0 aromatic heterocycles. The monoisotopic (exact) mass is 352 g/mol. The number of aliphatic hydroxyl groups is 1. The molecule has 1 N–H and O–H groups in total. The third-order valence-corrected chi connectivity index (χ3v) is 6.23. The van der Waals surface area contributed by atoms with Crippen molar-refractivity contribution in [2.45, 2.75) is 57.0 Å². The molecule has 0 amide bonds. The van der Waals surface area contributed by atoms with Gasteiger partial charge in [0.1, 0.15) is 0 Å². The third kappa shape index (κ3) is 2.65. The molecule has 2 aromatic carbocycles. The third-order valence-electron chi connectivity index (χ3n) is 5.91. The lowest BCUT2D eigenvalue weighted by Gasteiger charge is -2.39. The molecule has 0 saturated heterocycles. The van der Waals surface area contributed by atoms with E-state index in [-0.39, 0.29) is 5.41 Å². The number of hydrogen-bond acceptors (Lipinski definition) is 1. The molecule has 1 spiro atoms. The Labute approximate surface area is 155 Å². The van der Waals surface area contributed by atoms with Gasteiger partial charge in [0.25, 0.3) is 0 Å². The van der Waals surface area contributed by atoms with Gasteiger partial charge in [0.05, 0.1) is 5.60 Å². The van der Waals surface area contributed by atoms with Crippen molar-refractivity contribution in [1.29, 1.82) is 0 Å². The smallest absolute Gasteiger partial charge is 0.0860 e. The topological polar surface area (TPSA) is 20.2 Å². The molecule has 25 heavy (non-hydrogen) atoms. The summed E-state index contributed by atoms with van der Waals surface area (Å²) >= 11 is 6.54. The summed E-state index contributed by atoms with van der Waals surface area (Å²) in [5, 5.41) is 11.4. The molecule has 2 heteroatoms. The van der Waals surface area contributed by atoms with Gasteiger partial charge in [0.15, 0.2) is 0 Å². The summed E-state index contributed by atoms with van der Waals surface area (Å²) in [5.74, 6) is 0. The van der Waals surface area contributed by atoms with E-state index in [2.05, 4.69) is 36.4 Å². The molecule has 2 aliphatic carbocycles. The van der Waals surface area contributed by atoms with E-state index in [1.165, 1.54) is 48.8 Å². The first kappa shape index (κ1) is 16.9. The lowest BCUT2D eigenvalue weighted by molar-refractivity contribution is 0.0783. The van der Waals surface area contributed by atoms with Gasteiger partial charge in [0, 0.05) is 16.0 Å². The van der Waals surface area contributed by atoms with Gasteiger partial charge < -0.3 is 5.11 Å². The quantitative estimate of drug-likeness (QED) is 0.670. The molecule has 0 radical (unpaired) electrons. The SMILES string of the molecule is CC(C)(O)c1c(Cl)cccc1C1=Cc2ccccc2C12CCCCC2. The molecular weight excluding hydrogens is 328 g/mol. The van der Waals surface area contributed by atoms with Crippen molar-refractivity contribution >= 4 is 23.3 Å². The first-order chi connectivity index (χ1) is 11.9. The summed E-state index contributed by atoms with van der Waals surface area (Å²) in [6.07, 6.45) is 8.50. The van der Waals surface area contributed by atoms with Gasteiger partial charge in [-0.05, 0) is 61.1 Å². The van der Waals surface area contributed by atoms with Crippen LogP contribution in [0.4, 0.5) is 0 Å².